The summed E-state index contributed by atoms with van der Waals surface area (Å²) in [6, 6.07) is 7.59. The first-order valence-corrected chi connectivity index (χ1v) is 7.49. The van der Waals surface area contributed by atoms with Crippen LogP contribution in [0, 0.1) is 5.92 Å². The molecular formula is C14H16ClN3OS. The lowest BCUT2D eigenvalue weighted by molar-refractivity contribution is -0.118. The second kappa shape index (κ2) is 6.72. The average molecular weight is 310 g/mol. The van der Waals surface area contributed by atoms with E-state index in [4.69, 9.17) is 11.6 Å². The second-order valence-electron chi connectivity index (χ2n) is 4.63. The van der Waals surface area contributed by atoms with Gasteiger partial charge in [0.2, 0.25) is 5.91 Å². The van der Waals surface area contributed by atoms with Gasteiger partial charge in [-0.05, 0) is 24.3 Å². The predicted molar refractivity (Wildman–Crippen MR) is 84.4 cm³/mol. The number of nitrogens with one attached hydrogen (secondary N) is 2. The van der Waals surface area contributed by atoms with Gasteiger partial charge in [0.05, 0.1) is 12.7 Å². The highest BCUT2D eigenvalue weighted by atomic mass is 35.5. The zero-order chi connectivity index (χ0) is 14.5. The fourth-order valence-corrected chi connectivity index (χ4v) is 2.40. The molecule has 0 atom stereocenters. The summed E-state index contributed by atoms with van der Waals surface area (Å²) in [5, 5.41) is 7.04. The molecule has 0 spiro atoms. The van der Waals surface area contributed by atoms with Crippen molar-refractivity contribution < 1.29 is 4.79 Å². The van der Waals surface area contributed by atoms with Crippen molar-refractivity contribution in [2.45, 2.75) is 20.4 Å². The summed E-state index contributed by atoms with van der Waals surface area (Å²) in [5.41, 5.74) is 1.77. The molecule has 0 radical (unpaired) electrons. The number of halogens is 1. The van der Waals surface area contributed by atoms with Crippen molar-refractivity contribution in [3.8, 4) is 0 Å². The molecule has 6 heteroatoms. The lowest BCUT2D eigenvalue weighted by atomic mass is 10.2. The smallest absolute Gasteiger partial charge is 0.226 e. The molecule has 0 aliphatic carbocycles. The van der Waals surface area contributed by atoms with Crippen LogP contribution in [0.25, 0.3) is 0 Å². The van der Waals surface area contributed by atoms with Crippen molar-refractivity contribution in [2.24, 2.45) is 5.92 Å². The van der Waals surface area contributed by atoms with Crippen molar-refractivity contribution in [1.82, 2.24) is 4.98 Å². The van der Waals surface area contributed by atoms with Crippen molar-refractivity contribution in [3.05, 3.63) is 39.8 Å². The van der Waals surface area contributed by atoms with Gasteiger partial charge >= 0.3 is 0 Å². The van der Waals surface area contributed by atoms with E-state index in [-0.39, 0.29) is 11.8 Å². The van der Waals surface area contributed by atoms with Gasteiger partial charge in [-0.2, -0.15) is 0 Å². The van der Waals surface area contributed by atoms with Crippen LogP contribution in [0.4, 0.5) is 11.4 Å². The van der Waals surface area contributed by atoms with Crippen molar-refractivity contribution in [1.29, 1.82) is 0 Å². The second-order valence-corrected chi connectivity index (χ2v) is 6.38. The zero-order valence-electron chi connectivity index (χ0n) is 11.3. The number of thiazole rings is 1. The topological polar surface area (TPSA) is 54.0 Å². The number of nitrogens with zero attached hydrogens (tertiary/aromatic N) is 1. The molecule has 0 saturated carbocycles. The molecule has 0 unspecified atom stereocenters. The Labute approximate surface area is 127 Å². The van der Waals surface area contributed by atoms with E-state index in [9.17, 15) is 4.79 Å². The molecule has 0 fully saturated rings. The summed E-state index contributed by atoms with van der Waals surface area (Å²) in [4.78, 5) is 15.7. The van der Waals surface area contributed by atoms with Gasteiger partial charge in [0, 0.05) is 17.3 Å². The number of benzene rings is 1. The van der Waals surface area contributed by atoms with Crippen LogP contribution in [0.2, 0.25) is 4.34 Å². The predicted octanol–water partition coefficient (Wildman–Crippen LogP) is 4.00. The Morgan fingerprint density at radius 2 is 1.95 bits per heavy atom. The van der Waals surface area contributed by atoms with Gasteiger partial charge in [0.1, 0.15) is 9.34 Å². The number of aromatic nitrogens is 1. The van der Waals surface area contributed by atoms with E-state index in [2.05, 4.69) is 15.6 Å². The minimum Gasteiger partial charge on any atom is -0.379 e. The third-order valence-electron chi connectivity index (χ3n) is 2.65. The van der Waals surface area contributed by atoms with E-state index in [1.807, 2.05) is 38.1 Å². The molecule has 20 heavy (non-hydrogen) atoms. The number of anilines is 2. The molecule has 1 amide bonds. The maximum atomic E-state index is 11.6. The van der Waals surface area contributed by atoms with Crippen LogP contribution < -0.4 is 10.6 Å². The quantitative estimate of drug-likeness (QED) is 0.877. The Kier molecular flexibility index (Phi) is 4.98. The van der Waals surface area contributed by atoms with E-state index in [1.54, 1.807) is 6.20 Å². The van der Waals surface area contributed by atoms with Crippen molar-refractivity contribution in [2.75, 3.05) is 10.6 Å². The summed E-state index contributed by atoms with van der Waals surface area (Å²) in [6.07, 6.45) is 1.65. The van der Waals surface area contributed by atoms with Crippen LogP contribution in [0.3, 0.4) is 0 Å². The number of hydrogen-bond acceptors (Lipinski definition) is 4. The van der Waals surface area contributed by atoms with Gasteiger partial charge in [0.25, 0.3) is 0 Å². The lowest BCUT2D eigenvalue weighted by Crippen LogP contribution is -2.17. The summed E-state index contributed by atoms with van der Waals surface area (Å²) in [6.45, 7) is 4.36. The van der Waals surface area contributed by atoms with Gasteiger partial charge in [0.15, 0.2) is 0 Å². The fourth-order valence-electron chi connectivity index (χ4n) is 1.51. The first kappa shape index (κ1) is 14.8. The van der Waals surface area contributed by atoms with E-state index in [1.165, 1.54) is 11.3 Å². The van der Waals surface area contributed by atoms with E-state index in [0.717, 1.165) is 16.4 Å². The molecule has 0 aliphatic rings. The Morgan fingerprint density at radius 3 is 2.50 bits per heavy atom. The molecule has 0 aliphatic heterocycles. The standard InChI is InChI=1S/C14H16ClN3OS/c1-9(2)14(19)18-11-5-3-10(4-6-11)16-8-13-17-7-12(15)20-13/h3-7,9,16H,8H2,1-2H3,(H,18,19). The minimum absolute atomic E-state index is 0.0168. The number of amides is 1. The highest BCUT2D eigenvalue weighted by Gasteiger charge is 2.06. The van der Waals surface area contributed by atoms with Crippen LogP contribution in [0.5, 0.6) is 0 Å². The van der Waals surface area contributed by atoms with E-state index in [0.29, 0.717) is 10.9 Å². The average Bonchev–Trinajstić information content (AvgIpc) is 2.83. The van der Waals surface area contributed by atoms with Crippen LogP contribution in [-0.2, 0) is 11.3 Å². The van der Waals surface area contributed by atoms with Gasteiger partial charge in [-0.25, -0.2) is 4.98 Å². The van der Waals surface area contributed by atoms with E-state index >= 15 is 0 Å². The Bertz CT molecular complexity index is 580. The third-order valence-corrected chi connectivity index (χ3v) is 3.76. The molecule has 2 aromatic rings. The molecule has 106 valence electrons. The van der Waals surface area contributed by atoms with Crippen LogP contribution in [0.1, 0.15) is 18.9 Å². The molecular weight excluding hydrogens is 294 g/mol. The maximum Gasteiger partial charge on any atom is 0.226 e. The SMILES string of the molecule is CC(C)C(=O)Nc1ccc(NCc2ncc(Cl)s2)cc1. The zero-order valence-corrected chi connectivity index (χ0v) is 12.9. The molecule has 4 nitrogen and oxygen atoms in total. The number of carbonyl (C=O) groups is 1. The molecule has 2 rings (SSSR count). The monoisotopic (exact) mass is 309 g/mol. The highest BCUT2D eigenvalue weighted by Crippen LogP contribution is 2.20. The molecule has 1 aromatic carbocycles. The van der Waals surface area contributed by atoms with Gasteiger partial charge < -0.3 is 10.6 Å². The molecule has 0 bridgehead atoms. The number of rotatable bonds is 5. The summed E-state index contributed by atoms with van der Waals surface area (Å²) >= 11 is 7.28. The normalized spacial score (nSPS) is 10.6. The van der Waals surface area contributed by atoms with Crippen molar-refractivity contribution in [3.63, 3.8) is 0 Å². The van der Waals surface area contributed by atoms with Gasteiger partial charge in [-0.3, -0.25) is 4.79 Å². The Morgan fingerprint density at radius 1 is 1.30 bits per heavy atom. The van der Waals surface area contributed by atoms with Crippen LogP contribution >= 0.6 is 22.9 Å². The number of hydrogen-bond donors (Lipinski definition) is 2. The molecule has 1 aromatic heterocycles. The van der Waals surface area contributed by atoms with E-state index < -0.39 is 0 Å². The van der Waals surface area contributed by atoms with Gasteiger partial charge in [-0.15, -0.1) is 11.3 Å². The maximum absolute atomic E-state index is 11.6. The largest absolute Gasteiger partial charge is 0.379 e. The minimum atomic E-state index is -0.0255. The Hall–Kier alpha value is -1.59. The first-order valence-electron chi connectivity index (χ1n) is 6.29. The lowest BCUT2D eigenvalue weighted by Gasteiger charge is -2.09. The summed E-state index contributed by atoms with van der Waals surface area (Å²) < 4.78 is 0.688. The van der Waals surface area contributed by atoms with Crippen LogP contribution in [-0.4, -0.2) is 10.9 Å². The summed E-state index contributed by atoms with van der Waals surface area (Å²) in [5.74, 6) is -0.00871. The van der Waals surface area contributed by atoms with Gasteiger partial charge in [-0.1, -0.05) is 25.4 Å². The highest BCUT2D eigenvalue weighted by molar-refractivity contribution is 7.15. The number of carbonyl (C=O) groups excluding carboxylic acids is 1. The third kappa shape index (κ3) is 4.21. The molecule has 0 saturated heterocycles. The Balaban J connectivity index is 1.89. The summed E-state index contributed by atoms with van der Waals surface area (Å²) in [7, 11) is 0. The fraction of sp³-hybridized carbons (Fsp3) is 0.286. The molecule has 2 N–H and O–H groups in total. The molecule has 1 heterocycles. The van der Waals surface area contributed by atoms with Crippen molar-refractivity contribution >= 4 is 40.2 Å². The first-order chi connectivity index (χ1) is 9.54. The van der Waals surface area contributed by atoms with Crippen LogP contribution in [0.15, 0.2) is 30.5 Å².